The van der Waals surface area contributed by atoms with Crippen LogP contribution in [0.2, 0.25) is 0 Å². The Bertz CT molecular complexity index is 623. The Hall–Kier alpha value is -2.29. The summed E-state index contributed by atoms with van der Waals surface area (Å²) in [6.07, 6.45) is 3.35. The summed E-state index contributed by atoms with van der Waals surface area (Å²) in [5.41, 5.74) is 2.24. The zero-order valence-corrected chi connectivity index (χ0v) is 12.0. The van der Waals surface area contributed by atoms with E-state index in [4.69, 9.17) is 4.42 Å². The van der Waals surface area contributed by atoms with E-state index >= 15 is 0 Å². The molecular formula is C17H19NO2. The summed E-state index contributed by atoms with van der Waals surface area (Å²) in [5, 5.41) is 2.63. The van der Waals surface area contributed by atoms with Gasteiger partial charge in [-0.25, -0.2) is 0 Å². The highest BCUT2D eigenvalue weighted by Gasteiger charge is 2.11. The summed E-state index contributed by atoms with van der Waals surface area (Å²) >= 11 is 0. The van der Waals surface area contributed by atoms with Gasteiger partial charge in [0.15, 0.2) is 5.76 Å². The lowest BCUT2D eigenvalue weighted by atomic mass is 10.0. The monoisotopic (exact) mass is 269 g/mol. The molecule has 0 unspecified atom stereocenters. The Balaban J connectivity index is 2.24. The number of hydrogen-bond donors (Lipinski definition) is 1. The molecule has 0 saturated heterocycles. The van der Waals surface area contributed by atoms with Crippen LogP contribution >= 0.6 is 0 Å². The van der Waals surface area contributed by atoms with E-state index in [1.807, 2.05) is 25.1 Å². The van der Waals surface area contributed by atoms with Gasteiger partial charge in [-0.3, -0.25) is 4.79 Å². The van der Waals surface area contributed by atoms with Gasteiger partial charge < -0.3 is 9.73 Å². The number of rotatable bonds is 4. The third-order valence-corrected chi connectivity index (χ3v) is 3.05. The molecule has 0 saturated carbocycles. The molecule has 3 nitrogen and oxygen atoms in total. The van der Waals surface area contributed by atoms with Crippen LogP contribution in [-0.2, 0) is 0 Å². The first-order valence-electron chi connectivity index (χ1n) is 6.74. The first-order chi connectivity index (χ1) is 9.61. The lowest BCUT2D eigenvalue weighted by Crippen LogP contribution is -2.15. The van der Waals surface area contributed by atoms with Gasteiger partial charge in [0.05, 0.1) is 0 Å². The summed E-state index contributed by atoms with van der Waals surface area (Å²) in [5.74, 6) is 1.24. The molecule has 0 fully saturated rings. The van der Waals surface area contributed by atoms with Crippen molar-refractivity contribution < 1.29 is 9.21 Å². The van der Waals surface area contributed by atoms with Gasteiger partial charge in [-0.15, -0.1) is 0 Å². The summed E-state index contributed by atoms with van der Waals surface area (Å²) in [7, 11) is 0. The lowest BCUT2D eigenvalue weighted by molar-refractivity contribution is 0.0943. The van der Waals surface area contributed by atoms with Crippen LogP contribution in [0, 0.1) is 0 Å². The maximum absolute atomic E-state index is 11.8. The predicted octanol–water partition coefficient (Wildman–Crippen LogP) is 4.33. The molecule has 1 aromatic carbocycles. The quantitative estimate of drug-likeness (QED) is 0.897. The molecule has 1 heterocycles. The van der Waals surface area contributed by atoms with Crippen LogP contribution < -0.4 is 5.32 Å². The largest absolute Gasteiger partial charge is 0.451 e. The number of carbonyl (C=O) groups is 1. The van der Waals surface area contributed by atoms with E-state index < -0.39 is 0 Å². The van der Waals surface area contributed by atoms with Gasteiger partial charge in [0.25, 0.3) is 5.91 Å². The number of hydrogen-bond acceptors (Lipinski definition) is 2. The highest BCUT2D eigenvalue weighted by Crippen LogP contribution is 2.25. The molecule has 0 aliphatic rings. The second-order valence-corrected chi connectivity index (χ2v) is 4.92. The molecule has 104 valence electrons. The van der Waals surface area contributed by atoms with Crippen molar-refractivity contribution in [3.63, 3.8) is 0 Å². The summed E-state index contributed by atoms with van der Waals surface area (Å²) in [6.45, 7) is 6.14. The number of benzene rings is 1. The maximum Gasteiger partial charge on any atom is 0.290 e. The van der Waals surface area contributed by atoms with E-state index in [-0.39, 0.29) is 5.91 Å². The number of furan rings is 1. The van der Waals surface area contributed by atoms with E-state index in [9.17, 15) is 4.79 Å². The molecule has 0 aliphatic carbocycles. The van der Waals surface area contributed by atoms with Crippen molar-refractivity contribution in [3.05, 3.63) is 60.0 Å². The molecule has 3 heteroatoms. The minimum Gasteiger partial charge on any atom is -0.451 e. The van der Waals surface area contributed by atoms with Crippen LogP contribution in [0.3, 0.4) is 0 Å². The molecule has 0 aliphatic heterocycles. The molecule has 2 aromatic rings. The van der Waals surface area contributed by atoms with Crippen LogP contribution in [-0.4, -0.2) is 5.91 Å². The number of amides is 1. The molecular weight excluding hydrogens is 250 g/mol. The molecule has 0 spiro atoms. The van der Waals surface area contributed by atoms with Gasteiger partial charge in [0.2, 0.25) is 0 Å². The van der Waals surface area contributed by atoms with Crippen molar-refractivity contribution in [2.75, 3.05) is 0 Å². The Morgan fingerprint density at radius 3 is 2.75 bits per heavy atom. The third-order valence-electron chi connectivity index (χ3n) is 3.05. The van der Waals surface area contributed by atoms with E-state index in [1.165, 1.54) is 5.56 Å². The summed E-state index contributed by atoms with van der Waals surface area (Å²) in [6, 6.07) is 11.7. The molecule has 1 aromatic heterocycles. The van der Waals surface area contributed by atoms with E-state index in [1.54, 1.807) is 18.3 Å². The topological polar surface area (TPSA) is 42.2 Å². The average molecular weight is 269 g/mol. The Morgan fingerprint density at radius 1 is 1.25 bits per heavy atom. The second-order valence-electron chi connectivity index (χ2n) is 4.92. The molecule has 2 rings (SSSR count). The standard InChI is InChI=1S/C17H19NO2/c1-4-10-18-17(19)16-9-8-15(20-16)14-7-5-6-13(11-14)12(2)3/h4-12H,1-3H3,(H,18,19)/b10-4+. The highest BCUT2D eigenvalue weighted by atomic mass is 16.3. The SMILES string of the molecule is C/C=C/NC(=O)c1ccc(-c2cccc(C(C)C)c2)o1. The van der Waals surface area contributed by atoms with Crippen LogP contribution in [0.5, 0.6) is 0 Å². The van der Waals surface area contributed by atoms with E-state index in [0.717, 1.165) is 5.56 Å². The number of carbonyl (C=O) groups excluding carboxylic acids is 1. The van der Waals surface area contributed by atoms with Gasteiger partial charge >= 0.3 is 0 Å². The van der Waals surface area contributed by atoms with Crippen molar-refractivity contribution >= 4 is 5.91 Å². The summed E-state index contributed by atoms with van der Waals surface area (Å²) in [4.78, 5) is 11.8. The van der Waals surface area contributed by atoms with Crippen molar-refractivity contribution in [2.45, 2.75) is 26.7 Å². The van der Waals surface area contributed by atoms with Crippen molar-refractivity contribution in [2.24, 2.45) is 0 Å². The Morgan fingerprint density at radius 2 is 2.05 bits per heavy atom. The zero-order chi connectivity index (χ0) is 14.5. The lowest BCUT2D eigenvalue weighted by Gasteiger charge is -2.06. The van der Waals surface area contributed by atoms with E-state index in [2.05, 4.69) is 31.3 Å². The fourth-order valence-electron chi connectivity index (χ4n) is 1.90. The van der Waals surface area contributed by atoms with Crippen LogP contribution in [0.15, 0.2) is 53.1 Å². The minimum absolute atomic E-state index is 0.241. The predicted molar refractivity (Wildman–Crippen MR) is 80.5 cm³/mol. The summed E-state index contributed by atoms with van der Waals surface area (Å²) < 4.78 is 5.62. The average Bonchev–Trinajstić information content (AvgIpc) is 2.94. The normalized spacial score (nSPS) is 11.2. The van der Waals surface area contributed by atoms with Gasteiger partial charge in [-0.2, -0.15) is 0 Å². The maximum atomic E-state index is 11.8. The second kappa shape index (κ2) is 6.24. The molecule has 1 amide bonds. The highest BCUT2D eigenvalue weighted by molar-refractivity contribution is 5.92. The van der Waals surface area contributed by atoms with Crippen molar-refractivity contribution in [3.8, 4) is 11.3 Å². The van der Waals surface area contributed by atoms with Crippen LogP contribution in [0.1, 0.15) is 42.8 Å². The van der Waals surface area contributed by atoms with Gasteiger partial charge in [0, 0.05) is 5.56 Å². The third kappa shape index (κ3) is 3.18. The van der Waals surface area contributed by atoms with Gasteiger partial charge in [-0.1, -0.05) is 38.1 Å². The van der Waals surface area contributed by atoms with Crippen molar-refractivity contribution in [1.82, 2.24) is 5.32 Å². The molecule has 1 N–H and O–H groups in total. The first kappa shape index (κ1) is 14.1. The minimum atomic E-state index is -0.241. The van der Waals surface area contributed by atoms with Crippen molar-refractivity contribution in [1.29, 1.82) is 0 Å². The number of nitrogens with one attached hydrogen (secondary N) is 1. The van der Waals surface area contributed by atoms with Gasteiger partial charge in [0.1, 0.15) is 5.76 Å². The number of allylic oxidation sites excluding steroid dienone is 1. The van der Waals surface area contributed by atoms with Gasteiger partial charge in [-0.05, 0) is 42.8 Å². The molecule has 0 radical (unpaired) electrons. The van der Waals surface area contributed by atoms with E-state index in [0.29, 0.717) is 17.4 Å². The van der Waals surface area contributed by atoms with Crippen LogP contribution in [0.25, 0.3) is 11.3 Å². The Kier molecular flexibility index (Phi) is 4.41. The Labute approximate surface area is 119 Å². The molecule has 20 heavy (non-hydrogen) atoms. The zero-order valence-electron chi connectivity index (χ0n) is 12.0. The smallest absolute Gasteiger partial charge is 0.290 e. The molecule has 0 atom stereocenters. The van der Waals surface area contributed by atoms with Crippen LogP contribution in [0.4, 0.5) is 0 Å². The first-order valence-corrected chi connectivity index (χ1v) is 6.74. The molecule has 0 bridgehead atoms. The fourth-order valence-corrected chi connectivity index (χ4v) is 1.90. The fraction of sp³-hybridized carbons (Fsp3) is 0.235.